The first kappa shape index (κ1) is 64.2. The molecule has 1 aromatic carbocycles. The van der Waals surface area contributed by atoms with E-state index in [2.05, 4.69) is 5.32 Å². The summed E-state index contributed by atoms with van der Waals surface area (Å²) in [5.41, 5.74) is 0.124. The predicted octanol–water partition coefficient (Wildman–Crippen LogP) is 1.79. The molecule has 2 bridgehead atoms. The summed E-state index contributed by atoms with van der Waals surface area (Å²) in [5.74, 6) is -7.16. The maximum atomic E-state index is 12.7. The SMILES string of the molecule is C[C@@H]1[C@H](O)[C@@H](C)/C=C/C=C/C=C/C=C/C=C/C=C/C=C/[C@H](O[C@@H]2O[C@H](C)[C@@H](O)[C@H](NCc3ccccc3S(=O)(=O)O)[C@@H]2O)C[C@@H]2O[C@](O)(C[C@@H](O)[C@H](O)CC[C@@H](O)C[C@@H](O)C[C@@H](O)CC(=O)O[C@H]1C)C[C@H](O)[C@H]2C(=O)O. The Morgan fingerprint density at radius 2 is 1.26 bits per heavy atom. The summed E-state index contributed by atoms with van der Waals surface area (Å²) in [5, 5.41) is 124. The fourth-order valence-electron chi connectivity index (χ4n) is 9.29. The highest BCUT2D eigenvalue weighted by atomic mass is 32.2. The van der Waals surface area contributed by atoms with Crippen molar-refractivity contribution < 1.29 is 97.7 Å². The fraction of sp³-hybridized carbons (Fsp3) is 0.593. The molecule has 0 amide bonds. The summed E-state index contributed by atoms with van der Waals surface area (Å²) in [4.78, 5) is 25.0. The Balaban J connectivity index is 1.60. The van der Waals surface area contributed by atoms with Gasteiger partial charge in [-0.25, -0.2) is 0 Å². The van der Waals surface area contributed by atoms with E-state index in [-0.39, 0.29) is 43.7 Å². The number of allylic oxidation sites excluding steroid dienone is 12. The van der Waals surface area contributed by atoms with Gasteiger partial charge in [-0.05, 0) is 51.2 Å². The van der Waals surface area contributed by atoms with Crippen molar-refractivity contribution in [1.82, 2.24) is 5.32 Å². The molecule has 0 unspecified atom stereocenters. The number of carbonyl (C=O) groups is 2. The zero-order chi connectivity index (χ0) is 56.3. The molecule has 0 aromatic heterocycles. The lowest BCUT2D eigenvalue weighted by Gasteiger charge is -2.45. The van der Waals surface area contributed by atoms with Crippen molar-refractivity contribution >= 4 is 22.1 Å². The number of hydrogen-bond donors (Lipinski definition) is 13. The molecule has 0 aliphatic carbocycles. The van der Waals surface area contributed by atoms with E-state index in [1.807, 2.05) is 6.92 Å². The first-order valence-electron chi connectivity index (χ1n) is 25.5. The van der Waals surface area contributed by atoms with Crippen LogP contribution in [-0.4, -0.2) is 179 Å². The minimum absolute atomic E-state index is 0.124. The quantitative estimate of drug-likeness (QED) is 0.137. The smallest absolute Gasteiger partial charge is 0.311 e. The Kier molecular flexibility index (Phi) is 26.0. The van der Waals surface area contributed by atoms with Crippen LogP contribution in [-0.2, 0) is 45.2 Å². The van der Waals surface area contributed by atoms with Gasteiger partial charge in [0, 0.05) is 37.6 Å². The van der Waals surface area contributed by atoms with Crippen LogP contribution in [0.15, 0.2) is 114 Å². The number of ether oxygens (including phenoxy) is 4. The topological polar surface area (TPSA) is 360 Å². The van der Waals surface area contributed by atoms with E-state index in [1.54, 1.807) is 86.8 Å². The summed E-state index contributed by atoms with van der Waals surface area (Å²) < 4.78 is 57.5. The Labute approximate surface area is 444 Å². The van der Waals surface area contributed by atoms with E-state index < -0.39 is 162 Å². The number of benzene rings is 1. The highest BCUT2D eigenvalue weighted by molar-refractivity contribution is 7.85. The van der Waals surface area contributed by atoms with Crippen molar-refractivity contribution in [2.24, 2.45) is 17.8 Å². The number of nitrogens with one attached hydrogen (secondary N) is 1. The summed E-state index contributed by atoms with van der Waals surface area (Å²) >= 11 is 0. The second-order valence-electron chi connectivity index (χ2n) is 20.0. The summed E-state index contributed by atoms with van der Waals surface area (Å²) in [7, 11) is -4.64. The molecule has 19 atom stereocenters. The second kappa shape index (κ2) is 30.7. The van der Waals surface area contributed by atoms with E-state index >= 15 is 0 Å². The number of carbonyl (C=O) groups excluding carboxylic acids is 1. The molecule has 0 spiro atoms. The van der Waals surface area contributed by atoms with Crippen molar-refractivity contribution in [3.63, 3.8) is 0 Å². The maximum Gasteiger partial charge on any atom is 0.311 e. The largest absolute Gasteiger partial charge is 0.481 e. The molecule has 21 nitrogen and oxygen atoms in total. The normalized spacial score (nSPS) is 40.8. The van der Waals surface area contributed by atoms with Crippen LogP contribution in [0.5, 0.6) is 0 Å². The van der Waals surface area contributed by atoms with Gasteiger partial charge < -0.3 is 80.4 Å². The van der Waals surface area contributed by atoms with Crippen molar-refractivity contribution in [3.05, 3.63) is 115 Å². The number of fused-ring (bicyclic) bond motifs is 2. The van der Waals surface area contributed by atoms with Gasteiger partial charge in [-0.15, -0.1) is 0 Å². The van der Waals surface area contributed by atoms with Gasteiger partial charge in [0.25, 0.3) is 10.1 Å². The number of aliphatic carboxylic acids is 1. The number of cyclic esters (lactones) is 1. The van der Waals surface area contributed by atoms with Gasteiger partial charge in [-0.3, -0.25) is 14.1 Å². The van der Waals surface area contributed by atoms with Gasteiger partial charge in [0.15, 0.2) is 12.1 Å². The van der Waals surface area contributed by atoms with Crippen molar-refractivity contribution in [2.45, 2.75) is 188 Å². The number of aliphatic hydroxyl groups excluding tert-OH is 9. The fourth-order valence-corrected chi connectivity index (χ4v) is 10.0. The van der Waals surface area contributed by atoms with E-state index in [9.17, 15) is 78.7 Å². The predicted molar refractivity (Wildman–Crippen MR) is 276 cm³/mol. The van der Waals surface area contributed by atoms with Crippen LogP contribution in [0, 0.1) is 17.8 Å². The number of aliphatic hydroxyl groups is 10. The van der Waals surface area contributed by atoms with Gasteiger partial charge in [0.2, 0.25) is 0 Å². The van der Waals surface area contributed by atoms with Crippen LogP contribution in [0.4, 0.5) is 0 Å². The standard InChI is InChI=1S/C54H79NO20S/c1-32-19-15-13-11-9-7-5-6-8-10-12-14-16-21-40(74-53-51(65)48(50(64)35(4)73-53)55-31-36-20-17-18-22-45(36)76(69,70)71)28-44-47(52(66)67)43(61)30-54(68,75-44)29-42(60)41(59)24-23-37(56)25-38(57)26-39(58)27-46(62)72-34(3)33(2)49(32)63/h5-22,32-35,37-44,47-51,53,55-61,63-65,68H,23-31H2,1-4H3,(H,66,67)(H,69,70,71)/b6-5+,9-7+,10-8+,13-11+,14-12+,19-15+,21-16+/t32-,33-,34-,35+,37+,38+,39+,40-,41+,42+,43-,44-,47+,48-,49+,50+,51-,53-,54+/m0/s1. The van der Waals surface area contributed by atoms with Gasteiger partial charge >= 0.3 is 11.9 Å². The summed E-state index contributed by atoms with van der Waals surface area (Å²) in [6.45, 7) is 6.42. The van der Waals surface area contributed by atoms with Gasteiger partial charge in [-0.1, -0.05) is 117 Å². The summed E-state index contributed by atoms with van der Waals surface area (Å²) in [6, 6.07) is 4.33. The minimum Gasteiger partial charge on any atom is -0.481 e. The molecule has 2 saturated heterocycles. The first-order chi connectivity index (χ1) is 35.8. The molecule has 13 N–H and O–H groups in total. The van der Waals surface area contributed by atoms with Gasteiger partial charge in [0.05, 0.1) is 84.5 Å². The first-order valence-corrected chi connectivity index (χ1v) is 27.0. The van der Waals surface area contributed by atoms with Crippen LogP contribution in [0.25, 0.3) is 0 Å². The van der Waals surface area contributed by atoms with Crippen molar-refractivity contribution in [2.75, 3.05) is 0 Å². The van der Waals surface area contributed by atoms with E-state index in [1.165, 1.54) is 43.3 Å². The molecule has 2 fully saturated rings. The average molecular weight is 1090 g/mol. The van der Waals surface area contributed by atoms with Crippen LogP contribution in [0.1, 0.15) is 84.6 Å². The third-order valence-electron chi connectivity index (χ3n) is 13.8. The lowest BCUT2D eigenvalue weighted by Crippen LogP contribution is -2.63. The van der Waals surface area contributed by atoms with Crippen LogP contribution < -0.4 is 5.32 Å². The Morgan fingerprint density at radius 1 is 0.697 bits per heavy atom. The molecule has 22 heteroatoms. The Bertz CT molecular complexity index is 2300. The zero-order valence-corrected chi connectivity index (χ0v) is 44.0. The third kappa shape index (κ3) is 20.5. The molecule has 76 heavy (non-hydrogen) atoms. The minimum atomic E-state index is -4.64. The molecule has 4 rings (SSSR count). The number of hydrogen-bond acceptors (Lipinski definition) is 19. The number of esters is 1. The van der Waals surface area contributed by atoms with Crippen LogP contribution >= 0.6 is 0 Å². The number of carboxylic acid groups (broad SMARTS) is 1. The lowest BCUT2D eigenvalue weighted by atomic mass is 9.82. The van der Waals surface area contributed by atoms with Crippen LogP contribution in [0.3, 0.4) is 0 Å². The molecule has 0 saturated carbocycles. The molecular weight excluding hydrogens is 1010 g/mol. The zero-order valence-electron chi connectivity index (χ0n) is 43.2. The lowest BCUT2D eigenvalue weighted by molar-refractivity contribution is -0.310. The highest BCUT2D eigenvalue weighted by Gasteiger charge is 2.51. The van der Waals surface area contributed by atoms with E-state index in [0.29, 0.717) is 0 Å². The van der Waals surface area contributed by atoms with Gasteiger partial charge in [0.1, 0.15) is 18.1 Å². The van der Waals surface area contributed by atoms with Crippen molar-refractivity contribution in [1.29, 1.82) is 0 Å². The number of rotatable bonds is 7. The van der Waals surface area contributed by atoms with Crippen LogP contribution in [0.2, 0.25) is 0 Å². The molecule has 3 aliphatic rings. The molecule has 3 heterocycles. The molecular formula is C54H79NO20S. The second-order valence-corrected chi connectivity index (χ2v) is 21.4. The number of carboxylic acids is 1. The summed E-state index contributed by atoms with van der Waals surface area (Å²) in [6.07, 6.45) is 1.56. The highest BCUT2D eigenvalue weighted by Crippen LogP contribution is 2.38. The molecule has 0 radical (unpaired) electrons. The monoisotopic (exact) mass is 1090 g/mol. The molecule has 426 valence electrons. The van der Waals surface area contributed by atoms with E-state index in [0.717, 1.165) is 0 Å². The molecule has 3 aliphatic heterocycles. The molecule has 1 aromatic rings. The van der Waals surface area contributed by atoms with Crippen molar-refractivity contribution in [3.8, 4) is 0 Å². The van der Waals surface area contributed by atoms with E-state index in [4.69, 9.17) is 18.9 Å². The third-order valence-corrected chi connectivity index (χ3v) is 14.7. The Morgan fingerprint density at radius 3 is 1.87 bits per heavy atom. The average Bonchev–Trinajstić information content (AvgIpc) is 3.33. The maximum absolute atomic E-state index is 12.7. The van der Waals surface area contributed by atoms with Gasteiger partial charge in [-0.2, -0.15) is 8.42 Å². The Hall–Kier alpha value is -4.31.